The van der Waals surface area contributed by atoms with Crippen LogP contribution in [0.2, 0.25) is 0 Å². The van der Waals surface area contributed by atoms with Crippen LogP contribution in [0.5, 0.6) is 0 Å². The summed E-state index contributed by atoms with van der Waals surface area (Å²) in [5.74, 6) is 0.753. The number of piperazine rings is 1. The summed E-state index contributed by atoms with van der Waals surface area (Å²) in [6.45, 7) is 8.87. The molecule has 0 bridgehead atoms. The van der Waals surface area contributed by atoms with Gasteiger partial charge in [-0.2, -0.15) is 0 Å². The van der Waals surface area contributed by atoms with Gasteiger partial charge in [0.05, 0.1) is 13.2 Å². The molecule has 2 rings (SSSR count). The number of amides is 2. The zero-order chi connectivity index (χ0) is 15.2. The fraction of sp³-hybridized carbons (Fsp3) is 0.867. The van der Waals surface area contributed by atoms with E-state index >= 15 is 0 Å². The maximum atomic E-state index is 12.2. The predicted octanol–water partition coefficient (Wildman–Crippen LogP) is 0.0818. The highest BCUT2D eigenvalue weighted by Gasteiger charge is 2.26. The molecule has 0 spiro atoms. The molecule has 2 aliphatic rings. The van der Waals surface area contributed by atoms with Crippen LogP contribution in [0.25, 0.3) is 0 Å². The Labute approximate surface area is 126 Å². The molecular weight excluding hydrogens is 270 g/mol. The highest BCUT2D eigenvalue weighted by atomic mass is 16.5. The van der Waals surface area contributed by atoms with Gasteiger partial charge in [-0.15, -0.1) is 0 Å². The SMILES string of the molecule is CC(C)CC(=O)N1CCN(C(=O)CC2COCCN2)CC1. The maximum Gasteiger partial charge on any atom is 0.224 e. The largest absolute Gasteiger partial charge is 0.378 e. The lowest BCUT2D eigenvalue weighted by Crippen LogP contribution is -2.52. The second-order valence-electron chi connectivity index (χ2n) is 6.29. The van der Waals surface area contributed by atoms with Gasteiger partial charge in [-0.25, -0.2) is 0 Å². The van der Waals surface area contributed by atoms with Crippen LogP contribution < -0.4 is 5.32 Å². The number of hydrogen-bond acceptors (Lipinski definition) is 4. The molecule has 0 aromatic rings. The fourth-order valence-electron chi connectivity index (χ4n) is 2.77. The summed E-state index contributed by atoms with van der Waals surface area (Å²) >= 11 is 0. The van der Waals surface area contributed by atoms with Crippen molar-refractivity contribution in [2.75, 3.05) is 45.9 Å². The van der Waals surface area contributed by atoms with Gasteiger partial charge in [-0.05, 0) is 5.92 Å². The Hall–Kier alpha value is -1.14. The summed E-state index contributed by atoms with van der Waals surface area (Å²) in [7, 11) is 0. The van der Waals surface area contributed by atoms with Crippen molar-refractivity contribution >= 4 is 11.8 Å². The van der Waals surface area contributed by atoms with Crippen molar-refractivity contribution in [3.63, 3.8) is 0 Å². The first kappa shape index (κ1) is 16.2. The number of carbonyl (C=O) groups is 2. The van der Waals surface area contributed by atoms with Gasteiger partial charge in [0, 0.05) is 51.6 Å². The van der Waals surface area contributed by atoms with Crippen LogP contribution in [0.3, 0.4) is 0 Å². The van der Waals surface area contributed by atoms with Crippen LogP contribution in [0.4, 0.5) is 0 Å². The van der Waals surface area contributed by atoms with E-state index in [-0.39, 0.29) is 17.9 Å². The lowest BCUT2D eigenvalue weighted by Gasteiger charge is -2.36. The smallest absolute Gasteiger partial charge is 0.224 e. The molecule has 21 heavy (non-hydrogen) atoms. The second-order valence-corrected chi connectivity index (χ2v) is 6.29. The molecule has 1 N–H and O–H groups in total. The zero-order valence-corrected chi connectivity index (χ0v) is 13.1. The van der Waals surface area contributed by atoms with E-state index in [0.717, 1.165) is 13.2 Å². The van der Waals surface area contributed by atoms with Gasteiger partial charge in [0.2, 0.25) is 11.8 Å². The quantitative estimate of drug-likeness (QED) is 0.798. The normalized spacial score (nSPS) is 23.5. The summed E-state index contributed by atoms with van der Waals surface area (Å²) in [6, 6.07) is 0.131. The van der Waals surface area contributed by atoms with E-state index in [1.165, 1.54) is 0 Å². The van der Waals surface area contributed by atoms with Gasteiger partial charge in [-0.3, -0.25) is 9.59 Å². The highest BCUT2D eigenvalue weighted by molar-refractivity contribution is 5.79. The number of nitrogens with zero attached hydrogens (tertiary/aromatic N) is 2. The van der Waals surface area contributed by atoms with Crippen molar-refractivity contribution in [1.82, 2.24) is 15.1 Å². The average molecular weight is 297 g/mol. The zero-order valence-electron chi connectivity index (χ0n) is 13.1. The minimum atomic E-state index is 0.131. The molecule has 1 unspecified atom stereocenters. The molecule has 2 aliphatic heterocycles. The van der Waals surface area contributed by atoms with E-state index in [0.29, 0.717) is 51.5 Å². The highest BCUT2D eigenvalue weighted by Crippen LogP contribution is 2.10. The Morgan fingerprint density at radius 3 is 2.29 bits per heavy atom. The Morgan fingerprint density at radius 1 is 1.14 bits per heavy atom. The third-order valence-corrected chi connectivity index (χ3v) is 3.99. The van der Waals surface area contributed by atoms with Crippen LogP contribution in [0.1, 0.15) is 26.7 Å². The predicted molar refractivity (Wildman–Crippen MR) is 79.8 cm³/mol. The third-order valence-electron chi connectivity index (χ3n) is 3.99. The van der Waals surface area contributed by atoms with Crippen LogP contribution in [0, 0.1) is 5.92 Å². The molecule has 0 aliphatic carbocycles. The van der Waals surface area contributed by atoms with E-state index < -0.39 is 0 Å². The van der Waals surface area contributed by atoms with Gasteiger partial charge in [0.25, 0.3) is 0 Å². The number of hydrogen-bond donors (Lipinski definition) is 1. The van der Waals surface area contributed by atoms with E-state index in [1.807, 2.05) is 9.80 Å². The topological polar surface area (TPSA) is 61.9 Å². The molecule has 2 saturated heterocycles. The number of rotatable bonds is 4. The Balaban J connectivity index is 1.72. The summed E-state index contributed by atoms with van der Waals surface area (Å²) < 4.78 is 5.37. The van der Waals surface area contributed by atoms with Crippen molar-refractivity contribution in [2.24, 2.45) is 5.92 Å². The molecule has 0 saturated carbocycles. The third kappa shape index (κ3) is 4.97. The molecule has 6 nitrogen and oxygen atoms in total. The minimum Gasteiger partial charge on any atom is -0.378 e. The molecule has 6 heteroatoms. The first-order chi connectivity index (χ1) is 10.1. The number of carbonyl (C=O) groups excluding carboxylic acids is 2. The van der Waals surface area contributed by atoms with E-state index in [9.17, 15) is 9.59 Å². The second kappa shape index (κ2) is 7.75. The van der Waals surface area contributed by atoms with Crippen LogP contribution >= 0.6 is 0 Å². The summed E-state index contributed by atoms with van der Waals surface area (Å²) in [6.07, 6.45) is 1.08. The minimum absolute atomic E-state index is 0.131. The van der Waals surface area contributed by atoms with Crippen molar-refractivity contribution in [2.45, 2.75) is 32.7 Å². The summed E-state index contributed by atoms with van der Waals surface area (Å²) in [4.78, 5) is 28.0. The van der Waals surface area contributed by atoms with Crippen molar-refractivity contribution < 1.29 is 14.3 Å². The van der Waals surface area contributed by atoms with E-state index in [1.54, 1.807) is 0 Å². The standard InChI is InChI=1S/C15H27N3O3/c1-12(2)9-14(19)17-4-6-18(7-5-17)15(20)10-13-11-21-8-3-16-13/h12-13,16H,3-11H2,1-2H3. The number of nitrogens with one attached hydrogen (secondary N) is 1. The maximum absolute atomic E-state index is 12.2. The lowest BCUT2D eigenvalue weighted by atomic mass is 10.1. The van der Waals surface area contributed by atoms with Crippen LogP contribution in [-0.2, 0) is 14.3 Å². The van der Waals surface area contributed by atoms with Gasteiger partial charge >= 0.3 is 0 Å². The van der Waals surface area contributed by atoms with Gasteiger partial charge < -0.3 is 19.9 Å². The summed E-state index contributed by atoms with van der Waals surface area (Å²) in [5, 5.41) is 3.30. The van der Waals surface area contributed by atoms with Gasteiger partial charge in [-0.1, -0.05) is 13.8 Å². The lowest BCUT2D eigenvalue weighted by molar-refractivity contribution is -0.140. The van der Waals surface area contributed by atoms with Crippen molar-refractivity contribution in [3.05, 3.63) is 0 Å². The van der Waals surface area contributed by atoms with Gasteiger partial charge in [0.1, 0.15) is 0 Å². The molecule has 1 atom stereocenters. The Kier molecular flexibility index (Phi) is 5.99. The molecule has 0 aromatic carbocycles. The van der Waals surface area contributed by atoms with E-state index in [4.69, 9.17) is 4.74 Å². The first-order valence-corrected chi connectivity index (χ1v) is 7.93. The van der Waals surface area contributed by atoms with Crippen LogP contribution in [-0.4, -0.2) is 73.6 Å². The fourth-order valence-corrected chi connectivity index (χ4v) is 2.77. The number of morpholine rings is 1. The molecule has 2 fully saturated rings. The molecule has 0 aromatic heterocycles. The Morgan fingerprint density at radius 2 is 1.76 bits per heavy atom. The molecule has 0 radical (unpaired) electrons. The molecular formula is C15H27N3O3. The first-order valence-electron chi connectivity index (χ1n) is 7.93. The molecule has 120 valence electrons. The van der Waals surface area contributed by atoms with Crippen LogP contribution in [0.15, 0.2) is 0 Å². The van der Waals surface area contributed by atoms with Crippen molar-refractivity contribution in [1.29, 1.82) is 0 Å². The summed E-state index contributed by atoms with van der Waals surface area (Å²) in [5.41, 5.74) is 0. The number of ether oxygens (including phenoxy) is 1. The van der Waals surface area contributed by atoms with E-state index in [2.05, 4.69) is 19.2 Å². The average Bonchev–Trinajstić information content (AvgIpc) is 2.47. The Bertz CT molecular complexity index is 359. The molecule has 2 amide bonds. The monoisotopic (exact) mass is 297 g/mol. The van der Waals surface area contributed by atoms with Crippen molar-refractivity contribution in [3.8, 4) is 0 Å². The van der Waals surface area contributed by atoms with Gasteiger partial charge in [0.15, 0.2) is 0 Å². The molecule has 2 heterocycles.